The second-order valence-corrected chi connectivity index (χ2v) is 5.44. The zero-order valence-corrected chi connectivity index (χ0v) is 11.5. The van der Waals surface area contributed by atoms with Crippen LogP contribution < -0.4 is 5.73 Å². The standard InChI is InChI=1S/C14H13ClFNS/c1-9-5-6-13(12(17)7-9)18-8-10-3-2-4-11(16)14(10)15/h2-7H,8,17H2,1H3. The first-order valence-corrected chi connectivity index (χ1v) is 6.86. The fourth-order valence-corrected chi connectivity index (χ4v) is 2.83. The van der Waals surface area contributed by atoms with Gasteiger partial charge in [0.2, 0.25) is 0 Å². The molecule has 0 atom stereocenters. The van der Waals surface area contributed by atoms with Crippen LogP contribution in [0.1, 0.15) is 11.1 Å². The van der Waals surface area contributed by atoms with Crippen LogP contribution in [0, 0.1) is 12.7 Å². The largest absolute Gasteiger partial charge is 0.398 e. The van der Waals surface area contributed by atoms with Crippen molar-refractivity contribution in [2.24, 2.45) is 0 Å². The van der Waals surface area contributed by atoms with Crippen molar-refractivity contribution in [3.8, 4) is 0 Å². The van der Waals surface area contributed by atoms with Gasteiger partial charge in [-0.15, -0.1) is 11.8 Å². The SMILES string of the molecule is Cc1ccc(SCc2cccc(F)c2Cl)c(N)c1. The van der Waals surface area contributed by atoms with Crippen molar-refractivity contribution >= 4 is 29.1 Å². The Morgan fingerprint density at radius 2 is 2.06 bits per heavy atom. The predicted octanol–water partition coefficient (Wildman–Crippen LogP) is 4.66. The highest BCUT2D eigenvalue weighted by Crippen LogP contribution is 2.31. The molecule has 0 unspecified atom stereocenters. The minimum Gasteiger partial charge on any atom is -0.398 e. The summed E-state index contributed by atoms with van der Waals surface area (Å²) >= 11 is 7.46. The van der Waals surface area contributed by atoms with Crippen LogP contribution in [-0.2, 0) is 5.75 Å². The van der Waals surface area contributed by atoms with Crippen LogP contribution in [0.5, 0.6) is 0 Å². The monoisotopic (exact) mass is 281 g/mol. The van der Waals surface area contributed by atoms with Gasteiger partial charge in [0.25, 0.3) is 0 Å². The summed E-state index contributed by atoms with van der Waals surface area (Å²) in [5, 5.41) is 0.190. The molecule has 2 aromatic rings. The molecular weight excluding hydrogens is 269 g/mol. The second-order valence-electron chi connectivity index (χ2n) is 4.04. The van der Waals surface area contributed by atoms with Crippen LogP contribution in [0.2, 0.25) is 5.02 Å². The second kappa shape index (κ2) is 5.63. The number of benzene rings is 2. The third kappa shape index (κ3) is 2.98. The van der Waals surface area contributed by atoms with Crippen LogP contribution in [0.25, 0.3) is 0 Å². The number of hydrogen-bond donors (Lipinski definition) is 1. The van der Waals surface area contributed by atoms with E-state index in [2.05, 4.69) is 0 Å². The predicted molar refractivity (Wildman–Crippen MR) is 76.6 cm³/mol. The lowest BCUT2D eigenvalue weighted by molar-refractivity contribution is 0.627. The molecule has 0 saturated heterocycles. The molecule has 0 aliphatic heterocycles. The summed E-state index contributed by atoms with van der Waals surface area (Å²) in [7, 11) is 0. The summed E-state index contributed by atoms with van der Waals surface area (Å²) in [5.74, 6) is 0.218. The molecule has 2 N–H and O–H groups in total. The topological polar surface area (TPSA) is 26.0 Å². The summed E-state index contributed by atoms with van der Waals surface area (Å²) in [6.45, 7) is 1.99. The maximum atomic E-state index is 13.3. The number of anilines is 1. The van der Waals surface area contributed by atoms with E-state index in [9.17, 15) is 4.39 Å². The number of nitrogen functional groups attached to an aromatic ring is 1. The van der Waals surface area contributed by atoms with E-state index in [0.717, 1.165) is 21.7 Å². The fourth-order valence-electron chi connectivity index (χ4n) is 1.61. The molecule has 1 nitrogen and oxygen atoms in total. The number of aryl methyl sites for hydroxylation is 1. The van der Waals surface area contributed by atoms with E-state index < -0.39 is 0 Å². The molecule has 0 aromatic heterocycles. The average Bonchev–Trinajstić information content (AvgIpc) is 2.33. The van der Waals surface area contributed by atoms with Gasteiger partial charge in [-0.05, 0) is 36.2 Å². The third-order valence-corrected chi connectivity index (χ3v) is 4.14. The molecule has 0 aliphatic carbocycles. The Bertz CT molecular complexity index is 572. The van der Waals surface area contributed by atoms with Crippen molar-refractivity contribution in [3.05, 3.63) is 58.4 Å². The average molecular weight is 282 g/mol. The Kier molecular flexibility index (Phi) is 4.15. The van der Waals surface area contributed by atoms with Crippen molar-refractivity contribution in [1.82, 2.24) is 0 Å². The number of halogens is 2. The summed E-state index contributed by atoms with van der Waals surface area (Å²) in [5.41, 5.74) is 8.57. The van der Waals surface area contributed by atoms with E-state index in [1.165, 1.54) is 6.07 Å². The fraction of sp³-hybridized carbons (Fsp3) is 0.143. The zero-order chi connectivity index (χ0) is 13.1. The first-order valence-electron chi connectivity index (χ1n) is 5.50. The maximum Gasteiger partial charge on any atom is 0.142 e. The Hall–Kier alpha value is -1.19. The van der Waals surface area contributed by atoms with E-state index in [4.69, 9.17) is 17.3 Å². The van der Waals surface area contributed by atoms with Gasteiger partial charge in [-0.1, -0.05) is 29.8 Å². The van der Waals surface area contributed by atoms with Gasteiger partial charge in [0.05, 0.1) is 5.02 Å². The molecule has 0 saturated carbocycles. The summed E-state index contributed by atoms with van der Waals surface area (Å²) in [6, 6.07) is 10.7. The van der Waals surface area contributed by atoms with Crippen molar-refractivity contribution in [3.63, 3.8) is 0 Å². The van der Waals surface area contributed by atoms with Crippen molar-refractivity contribution in [2.75, 3.05) is 5.73 Å². The molecule has 0 fully saturated rings. The summed E-state index contributed by atoms with van der Waals surface area (Å²) < 4.78 is 13.3. The summed E-state index contributed by atoms with van der Waals surface area (Å²) in [4.78, 5) is 0.987. The number of hydrogen-bond acceptors (Lipinski definition) is 2. The van der Waals surface area contributed by atoms with Crippen molar-refractivity contribution in [2.45, 2.75) is 17.6 Å². The highest BCUT2D eigenvalue weighted by Gasteiger charge is 2.07. The molecule has 0 aliphatic rings. The van der Waals surface area contributed by atoms with E-state index in [0.29, 0.717) is 5.75 Å². The highest BCUT2D eigenvalue weighted by molar-refractivity contribution is 7.98. The molecule has 0 amide bonds. The van der Waals surface area contributed by atoms with Gasteiger partial charge < -0.3 is 5.73 Å². The molecule has 0 heterocycles. The minimum absolute atomic E-state index is 0.190. The molecule has 0 radical (unpaired) electrons. The lowest BCUT2D eigenvalue weighted by Gasteiger charge is -2.08. The van der Waals surface area contributed by atoms with Gasteiger partial charge >= 0.3 is 0 Å². The maximum absolute atomic E-state index is 13.3. The summed E-state index contributed by atoms with van der Waals surface area (Å²) in [6.07, 6.45) is 0. The molecule has 0 spiro atoms. The van der Waals surface area contributed by atoms with E-state index >= 15 is 0 Å². The minimum atomic E-state index is -0.383. The molecule has 2 rings (SSSR count). The first-order chi connectivity index (χ1) is 8.58. The van der Waals surface area contributed by atoms with E-state index in [1.54, 1.807) is 17.8 Å². The molecule has 4 heteroatoms. The molecule has 94 valence electrons. The van der Waals surface area contributed by atoms with Crippen LogP contribution in [0.3, 0.4) is 0 Å². The zero-order valence-electron chi connectivity index (χ0n) is 9.91. The van der Waals surface area contributed by atoms with Gasteiger partial charge in [0, 0.05) is 16.3 Å². The Morgan fingerprint density at radius 1 is 1.28 bits per heavy atom. The number of thioether (sulfide) groups is 1. The highest BCUT2D eigenvalue weighted by atomic mass is 35.5. The first kappa shape index (κ1) is 13.2. The molecular formula is C14H13ClFNS. The van der Waals surface area contributed by atoms with Gasteiger partial charge in [0.1, 0.15) is 5.82 Å². The van der Waals surface area contributed by atoms with Gasteiger partial charge in [-0.2, -0.15) is 0 Å². The van der Waals surface area contributed by atoms with Crippen molar-refractivity contribution in [1.29, 1.82) is 0 Å². The molecule has 2 aromatic carbocycles. The quantitative estimate of drug-likeness (QED) is 0.654. The Balaban J connectivity index is 2.14. The molecule has 0 bridgehead atoms. The van der Waals surface area contributed by atoms with Crippen LogP contribution >= 0.6 is 23.4 Å². The van der Waals surface area contributed by atoms with E-state index in [1.807, 2.05) is 31.2 Å². The number of nitrogens with two attached hydrogens (primary N) is 1. The van der Waals surface area contributed by atoms with Crippen LogP contribution in [-0.4, -0.2) is 0 Å². The van der Waals surface area contributed by atoms with Gasteiger partial charge in [-0.25, -0.2) is 4.39 Å². The van der Waals surface area contributed by atoms with Gasteiger partial charge in [0.15, 0.2) is 0 Å². The van der Waals surface area contributed by atoms with E-state index in [-0.39, 0.29) is 10.8 Å². The lowest BCUT2D eigenvalue weighted by Crippen LogP contribution is -1.91. The van der Waals surface area contributed by atoms with Gasteiger partial charge in [-0.3, -0.25) is 0 Å². The third-order valence-electron chi connectivity index (χ3n) is 2.58. The van der Waals surface area contributed by atoms with Crippen LogP contribution in [0.4, 0.5) is 10.1 Å². The normalized spacial score (nSPS) is 10.6. The lowest BCUT2D eigenvalue weighted by atomic mass is 10.2. The Morgan fingerprint density at radius 3 is 2.78 bits per heavy atom. The van der Waals surface area contributed by atoms with Crippen molar-refractivity contribution < 1.29 is 4.39 Å². The smallest absolute Gasteiger partial charge is 0.142 e. The molecule has 18 heavy (non-hydrogen) atoms. The Labute approximate surface area is 115 Å². The van der Waals surface area contributed by atoms with Crippen LogP contribution in [0.15, 0.2) is 41.3 Å². The number of rotatable bonds is 3.